The van der Waals surface area contributed by atoms with Crippen molar-refractivity contribution in [2.45, 2.75) is 4.90 Å². The van der Waals surface area contributed by atoms with Gasteiger partial charge in [-0.15, -0.1) is 0 Å². The zero-order valence-electron chi connectivity index (χ0n) is 13.0. The maximum Gasteiger partial charge on any atom is 0.265 e. The minimum Gasteiger partial charge on any atom is -0.336 e. The highest BCUT2D eigenvalue weighted by Crippen LogP contribution is 2.33. The fourth-order valence-corrected chi connectivity index (χ4v) is 3.89. The zero-order chi connectivity index (χ0) is 16.4. The second-order valence-electron chi connectivity index (χ2n) is 5.32. The van der Waals surface area contributed by atoms with E-state index in [1.54, 1.807) is 37.4 Å². The molecular formula is C18H18N2O2S. The van der Waals surface area contributed by atoms with Gasteiger partial charge in [0, 0.05) is 25.9 Å². The van der Waals surface area contributed by atoms with Crippen molar-refractivity contribution in [3.63, 3.8) is 0 Å². The standard InChI is InChI=1S/C18H18N2O2S/c1-19-14-13-17(15-9-5-3-6-10-15)18(19)20(2)23(21,22)16-11-7-4-8-12-16/h3-14H,1-2H3. The van der Waals surface area contributed by atoms with Crippen LogP contribution in [0.5, 0.6) is 0 Å². The van der Waals surface area contributed by atoms with E-state index in [1.165, 1.54) is 4.31 Å². The van der Waals surface area contributed by atoms with Crippen LogP contribution in [-0.2, 0) is 17.1 Å². The average Bonchev–Trinajstić information content (AvgIpc) is 2.97. The van der Waals surface area contributed by atoms with Crippen molar-refractivity contribution in [1.29, 1.82) is 0 Å². The first-order valence-corrected chi connectivity index (χ1v) is 8.70. The van der Waals surface area contributed by atoms with Crippen LogP contribution in [0.4, 0.5) is 5.82 Å². The molecule has 0 aliphatic rings. The molecule has 0 aliphatic heterocycles. The lowest BCUT2D eigenvalue weighted by Crippen LogP contribution is -2.28. The highest BCUT2D eigenvalue weighted by molar-refractivity contribution is 7.92. The fourth-order valence-electron chi connectivity index (χ4n) is 2.62. The van der Waals surface area contributed by atoms with Crippen molar-refractivity contribution < 1.29 is 8.42 Å². The quantitative estimate of drug-likeness (QED) is 0.736. The van der Waals surface area contributed by atoms with Gasteiger partial charge in [-0.2, -0.15) is 0 Å². The number of sulfonamides is 1. The Morgan fingerprint density at radius 1 is 0.870 bits per heavy atom. The summed E-state index contributed by atoms with van der Waals surface area (Å²) in [4.78, 5) is 0.280. The van der Waals surface area contributed by atoms with Crippen LogP contribution in [0.3, 0.4) is 0 Å². The molecule has 1 heterocycles. The normalized spacial score (nSPS) is 11.4. The maximum atomic E-state index is 12.9. The largest absolute Gasteiger partial charge is 0.336 e. The number of anilines is 1. The van der Waals surface area contributed by atoms with E-state index in [1.807, 2.05) is 54.2 Å². The molecule has 0 fully saturated rings. The van der Waals surface area contributed by atoms with E-state index >= 15 is 0 Å². The summed E-state index contributed by atoms with van der Waals surface area (Å²) in [5, 5.41) is 0. The topological polar surface area (TPSA) is 42.3 Å². The van der Waals surface area contributed by atoms with Crippen LogP contribution < -0.4 is 4.31 Å². The number of hydrogen-bond acceptors (Lipinski definition) is 2. The summed E-state index contributed by atoms with van der Waals surface area (Å²) in [5.41, 5.74) is 1.87. The van der Waals surface area contributed by atoms with E-state index in [4.69, 9.17) is 0 Å². The highest BCUT2D eigenvalue weighted by Gasteiger charge is 2.25. The van der Waals surface area contributed by atoms with Crippen LogP contribution >= 0.6 is 0 Å². The molecule has 118 valence electrons. The van der Waals surface area contributed by atoms with Crippen molar-refractivity contribution in [3.8, 4) is 11.1 Å². The van der Waals surface area contributed by atoms with Crippen molar-refractivity contribution in [2.75, 3.05) is 11.4 Å². The Morgan fingerprint density at radius 2 is 1.43 bits per heavy atom. The minimum absolute atomic E-state index is 0.280. The van der Waals surface area contributed by atoms with Gasteiger partial charge in [0.05, 0.1) is 4.90 Å². The first-order chi connectivity index (χ1) is 11.0. The molecule has 0 spiro atoms. The van der Waals surface area contributed by atoms with Gasteiger partial charge in [0.2, 0.25) is 0 Å². The van der Waals surface area contributed by atoms with Gasteiger partial charge in [0.25, 0.3) is 10.0 Å². The lowest BCUT2D eigenvalue weighted by Gasteiger charge is -2.22. The Morgan fingerprint density at radius 3 is 2.04 bits per heavy atom. The minimum atomic E-state index is -3.60. The Balaban J connectivity index is 2.11. The van der Waals surface area contributed by atoms with Crippen LogP contribution in [-0.4, -0.2) is 20.0 Å². The summed E-state index contributed by atoms with van der Waals surface area (Å²) in [7, 11) is -0.169. The van der Waals surface area contributed by atoms with Crippen LogP contribution in [0.15, 0.2) is 77.8 Å². The monoisotopic (exact) mass is 326 g/mol. The molecule has 5 heteroatoms. The number of nitrogens with zero attached hydrogens (tertiary/aromatic N) is 2. The SMILES string of the molecule is CN(c1c(-c2ccccc2)ccn1C)S(=O)(=O)c1ccccc1. The average molecular weight is 326 g/mol. The summed E-state index contributed by atoms with van der Waals surface area (Å²) >= 11 is 0. The molecule has 23 heavy (non-hydrogen) atoms. The van der Waals surface area contributed by atoms with Gasteiger partial charge in [-0.1, -0.05) is 48.5 Å². The first-order valence-electron chi connectivity index (χ1n) is 7.26. The van der Waals surface area contributed by atoms with E-state index < -0.39 is 10.0 Å². The summed E-state index contributed by atoms with van der Waals surface area (Å²) in [6.45, 7) is 0. The molecule has 0 amide bonds. The Kier molecular flexibility index (Phi) is 3.96. The lowest BCUT2D eigenvalue weighted by atomic mass is 10.1. The molecule has 4 nitrogen and oxygen atoms in total. The molecular weight excluding hydrogens is 308 g/mol. The molecule has 3 rings (SSSR count). The molecule has 0 saturated heterocycles. The van der Waals surface area contributed by atoms with Gasteiger partial charge in [-0.25, -0.2) is 8.42 Å². The van der Waals surface area contributed by atoms with Crippen molar-refractivity contribution in [1.82, 2.24) is 4.57 Å². The van der Waals surface area contributed by atoms with Crippen molar-refractivity contribution >= 4 is 15.8 Å². The van der Waals surface area contributed by atoms with Gasteiger partial charge >= 0.3 is 0 Å². The molecule has 3 aromatic rings. The number of aryl methyl sites for hydroxylation is 1. The third-order valence-corrected chi connectivity index (χ3v) is 5.59. The molecule has 0 bridgehead atoms. The Bertz CT molecular complexity index is 901. The molecule has 0 radical (unpaired) electrons. The molecule has 0 N–H and O–H groups in total. The van der Waals surface area contributed by atoms with E-state index in [-0.39, 0.29) is 4.90 Å². The molecule has 0 atom stereocenters. The third kappa shape index (κ3) is 2.75. The van der Waals surface area contributed by atoms with Crippen LogP contribution in [0, 0.1) is 0 Å². The second-order valence-corrected chi connectivity index (χ2v) is 7.28. The fraction of sp³-hybridized carbons (Fsp3) is 0.111. The lowest BCUT2D eigenvalue weighted by molar-refractivity contribution is 0.593. The zero-order valence-corrected chi connectivity index (χ0v) is 13.9. The number of rotatable bonds is 4. The van der Waals surface area contributed by atoms with Crippen molar-refractivity contribution in [2.24, 2.45) is 7.05 Å². The van der Waals surface area contributed by atoms with Crippen LogP contribution in [0.25, 0.3) is 11.1 Å². The molecule has 1 aromatic heterocycles. The second kappa shape index (κ2) is 5.93. The Hall–Kier alpha value is -2.53. The summed E-state index contributed by atoms with van der Waals surface area (Å²) in [5.74, 6) is 0.639. The van der Waals surface area contributed by atoms with E-state index in [0.717, 1.165) is 11.1 Å². The van der Waals surface area contributed by atoms with E-state index in [9.17, 15) is 8.42 Å². The molecule has 2 aromatic carbocycles. The van der Waals surface area contributed by atoms with E-state index in [0.29, 0.717) is 5.82 Å². The van der Waals surface area contributed by atoms with Gasteiger partial charge in [-0.3, -0.25) is 4.31 Å². The van der Waals surface area contributed by atoms with E-state index in [2.05, 4.69) is 0 Å². The summed E-state index contributed by atoms with van der Waals surface area (Å²) in [6.07, 6.45) is 1.87. The third-order valence-electron chi connectivity index (χ3n) is 3.82. The van der Waals surface area contributed by atoms with Crippen LogP contribution in [0.1, 0.15) is 0 Å². The smallest absolute Gasteiger partial charge is 0.265 e. The van der Waals surface area contributed by atoms with Crippen molar-refractivity contribution in [3.05, 3.63) is 72.9 Å². The molecule has 0 unspecified atom stereocenters. The number of aromatic nitrogens is 1. The van der Waals surface area contributed by atoms with Gasteiger partial charge in [0.1, 0.15) is 5.82 Å². The maximum absolute atomic E-state index is 12.9. The summed E-state index contributed by atoms with van der Waals surface area (Å²) in [6, 6.07) is 20.2. The van der Waals surface area contributed by atoms with Gasteiger partial charge in [-0.05, 0) is 23.8 Å². The van der Waals surface area contributed by atoms with Gasteiger partial charge < -0.3 is 4.57 Å². The molecule has 0 saturated carbocycles. The molecule has 0 aliphatic carbocycles. The Labute approximate surface area is 136 Å². The predicted molar refractivity (Wildman–Crippen MR) is 92.9 cm³/mol. The van der Waals surface area contributed by atoms with Crippen LogP contribution in [0.2, 0.25) is 0 Å². The highest BCUT2D eigenvalue weighted by atomic mass is 32.2. The first kappa shape index (κ1) is 15.4. The number of hydrogen-bond donors (Lipinski definition) is 0. The summed E-state index contributed by atoms with van der Waals surface area (Å²) < 4.78 is 28.9. The van der Waals surface area contributed by atoms with Gasteiger partial charge in [0.15, 0.2) is 0 Å². The predicted octanol–water partition coefficient (Wildman–Crippen LogP) is 3.52. The number of benzene rings is 2.